The van der Waals surface area contributed by atoms with E-state index in [1.165, 1.54) is 11.8 Å². The standard InChI is InChI=1S/C25H23N3O2S/c1-3-16-10-12-19(21(29)14-16)23-26-24(20-13-11-17(4-2)15-22(20)30)28-25(27-23)31-18-8-6-5-7-9-18/h5-15,29-30H,3-4H2,1-2H3. The van der Waals surface area contributed by atoms with Gasteiger partial charge in [-0.3, -0.25) is 0 Å². The van der Waals surface area contributed by atoms with Crippen LogP contribution in [0.2, 0.25) is 0 Å². The van der Waals surface area contributed by atoms with Crippen LogP contribution >= 0.6 is 11.8 Å². The molecule has 0 atom stereocenters. The summed E-state index contributed by atoms with van der Waals surface area (Å²) in [7, 11) is 0. The summed E-state index contributed by atoms with van der Waals surface area (Å²) >= 11 is 1.41. The lowest BCUT2D eigenvalue weighted by atomic mass is 10.1. The van der Waals surface area contributed by atoms with Gasteiger partial charge in [0.05, 0.1) is 11.1 Å². The molecule has 0 radical (unpaired) electrons. The van der Waals surface area contributed by atoms with Crippen LogP contribution in [0.5, 0.6) is 11.5 Å². The van der Waals surface area contributed by atoms with Gasteiger partial charge in [0.2, 0.25) is 0 Å². The quantitative estimate of drug-likeness (QED) is 0.398. The van der Waals surface area contributed by atoms with Gasteiger partial charge in [-0.15, -0.1) is 0 Å². The molecule has 31 heavy (non-hydrogen) atoms. The average molecular weight is 430 g/mol. The number of rotatable bonds is 6. The van der Waals surface area contributed by atoms with Gasteiger partial charge in [-0.2, -0.15) is 0 Å². The molecule has 0 aliphatic carbocycles. The summed E-state index contributed by atoms with van der Waals surface area (Å²) in [5, 5.41) is 21.7. The maximum atomic E-state index is 10.6. The van der Waals surface area contributed by atoms with Crippen molar-refractivity contribution < 1.29 is 10.2 Å². The predicted octanol–water partition coefficient (Wildman–Crippen LogP) is 5.89. The first-order valence-electron chi connectivity index (χ1n) is 10.2. The van der Waals surface area contributed by atoms with Crippen LogP contribution < -0.4 is 0 Å². The van der Waals surface area contributed by atoms with Crippen LogP contribution in [0.1, 0.15) is 25.0 Å². The second-order valence-electron chi connectivity index (χ2n) is 7.09. The smallest absolute Gasteiger partial charge is 0.196 e. The molecule has 5 nitrogen and oxygen atoms in total. The fourth-order valence-corrected chi connectivity index (χ4v) is 3.98. The summed E-state index contributed by atoms with van der Waals surface area (Å²) in [6.07, 6.45) is 1.64. The first-order valence-corrected chi connectivity index (χ1v) is 11.0. The maximum Gasteiger partial charge on any atom is 0.196 e. The molecule has 156 valence electrons. The number of benzene rings is 3. The zero-order chi connectivity index (χ0) is 21.8. The van der Waals surface area contributed by atoms with E-state index in [1.807, 2.05) is 68.4 Å². The Morgan fingerprint density at radius 3 is 1.65 bits per heavy atom. The van der Waals surface area contributed by atoms with Crippen molar-refractivity contribution in [2.24, 2.45) is 0 Å². The van der Waals surface area contributed by atoms with Gasteiger partial charge in [-0.1, -0.05) is 44.2 Å². The van der Waals surface area contributed by atoms with Crippen LogP contribution in [0, 0.1) is 0 Å². The monoisotopic (exact) mass is 429 g/mol. The number of aromatic hydroxyl groups is 2. The Bertz CT molecular complexity index is 1140. The number of hydrogen-bond donors (Lipinski definition) is 2. The third kappa shape index (κ3) is 4.70. The summed E-state index contributed by atoms with van der Waals surface area (Å²) in [4.78, 5) is 14.8. The highest BCUT2D eigenvalue weighted by Crippen LogP contribution is 2.34. The third-order valence-electron chi connectivity index (χ3n) is 4.99. The molecule has 0 bridgehead atoms. The lowest BCUT2D eigenvalue weighted by Gasteiger charge is -2.11. The minimum absolute atomic E-state index is 0.123. The molecule has 1 aromatic heterocycles. The van der Waals surface area contributed by atoms with Crippen molar-refractivity contribution in [3.63, 3.8) is 0 Å². The minimum Gasteiger partial charge on any atom is -0.507 e. The van der Waals surface area contributed by atoms with Crippen molar-refractivity contribution in [2.45, 2.75) is 36.7 Å². The van der Waals surface area contributed by atoms with Crippen LogP contribution in [-0.2, 0) is 12.8 Å². The summed E-state index contributed by atoms with van der Waals surface area (Å²) in [6.45, 7) is 4.07. The van der Waals surface area contributed by atoms with Crippen LogP contribution in [0.25, 0.3) is 22.8 Å². The van der Waals surface area contributed by atoms with E-state index in [9.17, 15) is 10.2 Å². The molecule has 0 amide bonds. The molecule has 0 aliphatic rings. The molecule has 0 saturated carbocycles. The van der Waals surface area contributed by atoms with Gasteiger partial charge in [0, 0.05) is 4.90 Å². The minimum atomic E-state index is 0.123. The van der Waals surface area contributed by atoms with E-state index in [0.717, 1.165) is 28.9 Å². The molecule has 0 saturated heterocycles. The van der Waals surface area contributed by atoms with E-state index < -0.39 is 0 Å². The largest absolute Gasteiger partial charge is 0.507 e. The van der Waals surface area contributed by atoms with Gasteiger partial charge in [0.1, 0.15) is 11.5 Å². The Morgan fingerprint density at radius 2 is 1.19 bits per heavy atom. The van der Waals surface area contributed by atoms with Crippen molar-refractivity contribution in [3.05, 3.63) is 77.9 Å². The molecule has 4 aromatic rings. The Morgan fingerprint density at radius 1 is 0.677 bits per heavy atom. The number of phenols is 2. The van der Waals surface area contributed by atoms with Gasteiger partial charge < -0.3 is 10.2 Å². The lowest BCUT2D eigenvalue weighted by molar-refractivity contribution is 0.476. The normalized spacial score (nSPS) is 10.9. The molecular formula is C25H23N3O2S. The zero-order valence-corrected chi connectivity index (χ0v) is 18.2. The molecule has 0 aliphatic heterocycles. The number of hydrogen-bond acceptors (Lipinski definition) is 6. The van der Waals surface area contributed by atoms with E-state index in [0.29, 0.717) is 27.9 Å². The van der Waals surface area contributed by atoms with Crippen LogP contribution in [0.4, 0.5) is 0 Å². The summed E-state index contributed by atoms with van der Waals surface area (Å²) in [5.74, 6) is 0.973. The second-order valence-corrected chi connectivity index (χ2v) is 8.13. The summed E-state index contributed by atoms with van der Waals surface area (Å²) in [6, 6.07) is 20.8. The number of phenolic OH excluding ortho intramolecular Hbond substituents is 2. The molecule has 3 aromatic carbocycles. The van der Waals surface area contributed by atoms with Gasteiger partial charge in [0.15, 0.2) is 16.8 Å². The molecule has 4 rings (SSSR count). The fourth-order valence-electron chi connectivity index (χ4n) is 3.21. The van der Waals surface area contributed by atoms with Crippen molar-refractivity contribution >= 4 is 11.8 Å². The van der Waals surface area contributed by atoms with E-state index in [1.54, 1.807) is 12.1 Å². The molecule has 6 heteroatoms. The van der Waals surface area contributed by atoms with Crippen LogP contribution in [-0.4, -0.2) is 25.2 Å². The van der Waals surface area contributed by atoms with Crippen molar-refractivity contribution in [2.75, 3.05) is 0 Å². The van der Waals surface area contributed by atoms with Gasteiger partial charge in [0.25, 0.3) is 0 Å². The number of nitrogens with zero attached hydrogens (tertiary/aromatic N) is 3. The van der Waals surface area contributed by atoms with Crippen LogP contribution in [0.15, 0.2) is 76.8 Å². The maximum absolute atomic E-state index is 10.6. The van der Waals surface area contributed by atoms with E-state index >= 15 is 0 Å². The Hall–Kier alpha value is -3.38. The number of aryl methyl sites for hydroxylation is 2. The third-order valence-corrected chi connectivity index (χ3v) is 5.86. The summed E-state index contributed by atoms with van der Waals surface area (Å²) < 4.78 is 0. The van der Waals surface area contributed by atoms with Crippen molar-refractivity contribution in [1.29, 1.82) is 0 Å². The van der Waals surface area contributed by atoms with E-state index in [4.69, 9.17) is 0 Å². The highest BCUT2D eigenvalue weighted by molar-refractivity contribution is 7.99. The SMILES string of the molecule is CCc1ccc(-c2nc(Sc3ccccc3)nc(-c3ccc(CC)cc3O)n2)c(O)c1. The highest BCUT2D eigenvalue weighted by atomic mass is 32.2. The zero-order valence-electron chi connectivity index (χ0n) is 17.4. The molecule has 0 spiro atoms. The van der Waals surface area contributed by atoms with Gasteiger partial charge >= 0.3 is 0 Å². The fraction of sp³-hybridized carbons (Fsp3) is 0.160. The Balaban J connectivity index is 1.85. The van der Waals surface area contributed by atoms with E-state index in [-0.39, 0.29) is 11.5 Å². The predicted molar refractivity (Wildman–Crippen MR) is 123 cm³/mol. The first kappa shape index (κ1) is 20.9. The summed E-state index contributed by atoms with van der Waals surface area (Å²) in [5.41, 5.74) is 3.12. The Kier molecular flexibility index (Phi) is 6.18. The van der Waals surface area contributed by atoms with Gasteiger partial charge in [-0.05, 0) is 72.1 Å². The lowest BCUT2D eigenvalue weighted by Crippen LogP contribution is -2.00. The highest BCUT2D eigenvalue weighted by Gasteiger charge is 2.16. The first-order chi connectivity index (χ1) is 15.1. The number of aromatic nitrogens is 3. The topological polar surface area (TPSA) is 79.1 Å². The average Bonchev–Trinajstić information content (AvgIpc) is 2.79. The molecule has 1 heterocycles. The molecule has 0 fully saturated rings. The Labute approximate surface area is 185 Å². The molecule has 0 unspecified atom stereocenters. The van der Waals surface area contributed by atoms with Crippen molar-refractivity contribution in [3.8, 4) is 34.3 Å². The second kappa shape index (κ2) is 9.18. The van der Waals surface area contributed by atoms with E-state index in [2.05, 4.69) is 15.0 Å². The van der Waals surface area contributed by atoms with Crippen LogP contribution in [0.3, 0.4) is 0 Å². The van der Waals surface area contributed by atoms with Crippen molar-refractivity contribution in [1.82, 2.24) is 15.0 Å². The molecule has 2 N–H and O–H groups in total. The molecular weight excluding hydrogens is 406 g/mol. The van der Waals surface area contributed by atoms with Gasteiger partial charge in [-0.25, -0.2) is 15.0 Å².